The summed E-state index contributed by atoms with van der Waals surface area (Å²) < 4.78 is 0. The molecule has 62 valence electrons. The molecule has 0 fully saturated rings. The van der Waals surface area contributed by atoms with Crippen molar-refractivity contribution in [3.8, 4) is 0 Å². The summed E-state index contributed by atoms with van der Waals surface area (Å²) in [4.78, 5) is 11.4. The number of carboxylic acids is 1. The van der Waals surface area contributed by atoms with Crippen molar-refractivity contribution < 1.29 is 9.90 Å². The molecule has 0 radical (unpaired) electrons. The Kier molecular flexibility index (Phi) is 3.72. The number of guanidine groups is 1. The normalized spacial score (nSPS) is 9.91. The lowest BCUT2D eigenvalue weighted by atomic mass is 10.4. The Morgan fingerprint density at radius 1 is 1.82 bits per heavy atom. The van der Waals surface area contributed by atoms with Gasteiger partial charge >= 0.3 is 5.97 Å². The van der Waals surface area contributed by atoms with Crippen LogP contribution in [0.15, 0.2) is 12.2 Å². The second-order valence-corrected chi connectivity index (χ2v) is 2.01. The van der Waals surface area contributed by atoms with Gasteiger partial charge in [-0.2, -0.15) is 0 Å². The third-order valence-corrected chi connectivity index (χ3v) is 1.05. The van der Waals surface area contributed by atoms with Gasteiger partial charge in [0.25, 0.3) is 0 Å². The Labute approximate surface area is 64.6 Å². The standard InChI is InChI=1S/C6H11N3O2/c1-9(6(7)8)4-2-3-5(10)11/h2-3H,4H2,1H3,(H3,7,8)(H,10,11)/b3-2+. The zero-order chi connectivity index (χ0) is 8.85. The van der Waals surface area contributed by atoms with E-state index in [0.717, 1.165) is 6.08 Å². The van der Waals surface area contributed by atoms with Crippen LogP contribution in [0.5, 0.6) is 0 Å². The number of rotatable bonds is 3. The highest BCUT2D eigenvalue weighted by Gasteiger charge is 1.94. The van der Waals surface area contributed by atoms with Crippen LogP contribution in [0, 0.1) is 5.41 Å². The molecule has 5 heteroatoms. The SMILES string of the molecule is CN(C/C=C/C(=O)O)C(=N)N. The largest absolute Gasteiger partial charge is 0.478 e. The first-order valence-corrected chi connectivity index (χ1v) is 2.98. The van der Waals surface area contributed by atoms with Gasteiger partial charge in [-0.3, -0.25) is 5.41 Å². The van der Waals surface area contributed by atoms with Crippen molar-refractivity contribution in [1.82, 2.24) is 4.90 Å². The van der Waals surface area contributed by atoms with Crippen molar-refractivity contribution in [1.29, 1.82) is 5.41 Å². The number of hydrogen-bond acceptors (Lipinski definition) is 2. The molecule has 11 heavy (non-hydrogen) atoms. The number of nitrogens with zero attached hydrogens (tertiary/aromatic N) is 1. The molecule has 0 aromatic heterocycles. The smallest absolute Gasteiger partial charge is 0.328 e. The van der Waals surface area contributed by atoms with E-state index in [-0.39, 0.29) is 5.96 Å². The lowest BCUT2D eigenvalue weighted by Crippen LogP contribution is -2.32. The van der Waals surface area contributed by atoms with Gasteiger partial charge in [0.2, 0.25) is 0 Å². The van der Waals surface area contributed by atoms with Crippen LogP contribution < -0.4 is 5.73 Å². The molecular weight excluding hydrogens is 146 g/mol. The second kappa shape index (κ2) is 4.32. The van der Waals surface area contributed by atoms with Crippen LogP contribution in [0.2, 0.25) is 0 Å². The van der Waals surface area contributed by atoms with E-state index in [1.807, 2.05) is 0 Å². The van der Waals surface area contributed by atoms with Crippen LogP contribution in [0.4, 0.5) is 0 Å². The summed E-state index contributed by atoms with van der Waals surface area (Å²) in [6.45, 7) is 0.335. The zero-order valence-electron chi connectivity index (χ0n) is 6.24. The van der Waals surface area contributed by atoms with Crippen molar-refractivity contribution in [3.63, 3.8) is 0 Å². The Morgan fingerprint density at radius 2 is 2.36 bits per heavy atom. The summed E-state index contributed by atoms with van der Waals surface area (Å²) >= 11 is 0. The molecule has 5 nitrogen and oxygen atoms in total. The zero-order valence-corrected chi connectivity index (χ0v) is 6.24. The minimum atomic E-state index is -0.998. The van der Waals surface area contributed by atoms with Gasteiger partial charge in [0.15, 0.2) is 5.96 Å². The van der Waals surface area contributed by atoms with Gasteiger partial charge < -0.3 is 15.7 Å². The average Bonchev–Trinajstić information content (AvgIpc) is 1.86. The maximum atomic E-state index is 9.96. The van der Waals surface area contributed by atoms with Crippen molar-refractivity contribution in [2.75, 3.05) is 13.6 Å². The van der Waals surface area contributed by atoms with Gasteiger partial charge in [-0.05, 0) is 0 Å². The number of nitrogens with one attached hydrogen (secondary N) is 1. The number of likely N-dealkylation sites (N-methyl/N-ethyl adjacent to an activating group) is 1. The fraction of sp³-hybridized carbons (Fsp3) is 0.333. The van der Waals surface area contributed by atoms with Gasteiger partial charge in [0.05, 0.1) is 0 Å². The molecule has 0 aromatic carbocycles. The molecule has 0 saturated carbocycles. The van der Waals surface area contributed by atoms with Crippen molar-refractivity contribution in [2.45, 2.75) is 0 Å². The van der Waals surface area contributed by atoms with Crippen LogP contribution in [0.1, 0.15) is 0 Å². The van der Waals surface area contributed by atoms with E-state index < -0.39 is 5.97 Å². The summed E-state index contributed by atoms with van der Waals surface area (Å²) in [6, 6.07) is 0. The first-order chi connectivity index (χ1) is 5.04. The molecule has 0 aliphatic carbocycles. The first-order valence-electron chi connectivity index (χ1n) is 2.98. The first kappa shape index (κ1) is 9.48. The fourth-order valence-electron chi connectivity index (χ4n) is 0.410. The lowest BCUT2D eigenvalue weighted by Gasteiger charge is -2.12. The monoisotopic (exact) mass is 157 g/mol. The molecule has 4 N–H and O–H groups in total. The predicted molar refractivity (Wildman–Crippen MR) is 41.3 cm³/mol. The van der Waals surface area contributed by atoms with Crippen molar-refractivity contribution >= 4 is 11.9 Å². The van der Waals surface area contributed by atoms with Crippen LogP contribution >= 0.6 is 0 Å². The Hall–Kier alpha value is -1.52. The molecule has 0 aliphatic heterocycles. The summed E-state index contributed by atoms with van der Waals surface area (Å²) in [7, 11) is 1.61. The maximum Gasteiger partial charge on any atom is 0.328 e. The molecule has 0 aromatic rings. The summed E-state index contributed by atoms with van der Waals surface area (Å²) in [5.74, 6) is -1.08. The number of carboxylic acid groups (broad SMARTS) is 1. The highest BCUT2D eigenvalue weighted by molar-refractivity contribution is 5.80. The molecule has 0 spiro atoms. The van der Waals surface area contributed by atoms with E-state index in [1.54, 1.807) is 7.05 Å². The van der Waals surface area contributed by atoms with E-state index in [4.69, 9.17) is 16.2 Å². The van der Waals surface area contributed by atoms with E-state index in [9.17, 15) is 4.79 Å². The fourth-order valence-corrected chi connectivity index (χ4v) is 0.410. The predicted octanol–water partition coefficient (Wildman–Crippen LogP) is -0.548. The number of hydrogen-bond donors (Lipinski definition) is 3. The van der Waals surface area contributed by atoms with E-state index in [2.05, 4.69) is 0 Å². The Morgan fingerprint density at radius 3 is 2.73 bits per heavy atom. The van der Waals surface area contributed by atoms with Gasteiger partial charge in [0.1, 0.15) is 0 Å². The van der Waals surface area contributed by atoms with Crippen LogP contribution in [0.3, 0.4) is 0 Å². The summed E-state index contributed by atoms with van der Waals surface area (Å²) in [5, 5.41) is 15.1. The number of aliphatic carboxylic acids is 1. The Balaban J connectivity index is 3.70. The van der Waals surface area contributed by atoms with Gasteiger partial charge in [-0.15, -0.1) is 0 Å². The molecule has 0 bridgehead atoms. The summed E-state index contributed by atoms with van der Waals surface area (Å²) in [6.07, 6.45) is 2.43. The van der Waals surface area contributed by atoms with E-state index in [0.29, 0.717) is 6.54 Å². The molecule has 0 amide bonds. The third-order valence-electron chi connectivity index (χ3n) is 1.05. The Bertz CT molecular complexity index is 188. The summed E-state index contributed by atoms with van der Waals surface area (Å²) in [5.41, 5.74) is 5.08. The maximum absolute atomic E-state index is 9.96. The van der Waals surface area contributed by atoms with Crippen LogP contribution in [0.25, 0.3) is 0 Å². The highest BCUT2D eigenvalue weighted by atomic mass is 16.4. The van der Waals surface area contributed by atoms with E-state index >= 15 is 0 Å². The van der Waals surface area contributed by atoms with Crippen molar-refractivity contribution in [2.24, 2.45) is 5.73 Å². The minimum Gasteiger partial charge on any atom is -0.478 e. The van der Waals surface area contributed by atoms with E-state index in [1.165, 1.54) is 11.0 Å². The lowest BCUT2D eigenvalue weighted by molar-refractivity contribution is -0.131. The van der Waals surface area contributed by atoms with Crippen LogP contribution in [-0.4, -0.2) is 35.5 Å². The molecule has 0 atom stereocenters. The number of nitrogens with two attached hydrogens (primary N) is 1. The number of carbonyl (C=O) groups is 1. The molecule has 0 heterocycles. The molecule has 0 rings (SSSR count). The molecule has 0 aliphatic rings. The topological polar surface area (TPSA) is 90.4 Å². The highest BCUT2D eigenvalue weighted by Crippen LogP contribution is 1.81. The quantitative estimate of drug-likeness (QED) is 0.291. The molecule has 0 unspecified atom stereocenters. The second-order valence-electron chi connectivity index (χ2n) is 2.01. The van der Waals surface area contributed by atoms with Gasteiger partial charge in [0, 0.05) is 19.7 Å². The molecular formula is C6H11N3O2. The average molecular weight is 157 g/mol. The van der Waals surface area contributed by atoms with Gasteiger partial charge in [-0.25, -0.2) is 4.79 Å². The van der Waals surface area contributed by atoms with Gasteiger partial charge in [-0.1, -0.05) is 6.08 Å². The minimum absolute atomic E-state index is 0.0833. The van der Waals surface area contributed by atoms with Crippen molar-refractivity contribution in [3.05, 3.63) is 12.2 Å². The van der Waals surface area contributed by atoms with Crippen LogP contribution in [-0.2, 0) is 4.79 Å². The third kappa shape index (κ3) is 4.95. The molecule has 0 saturated heterocycles.